The molecule has 0 radical (unpaired) electrons. The van der Waals surface area contributed by atoms with E-state index < -0.39 is 0 Å². The normalized spacial score (nSPS) is 27.1. The molecule has 1 aromatic rings. The lowest BCUT2D eigenvalue weighted by Gasteiger charge is -2.18. The molecule has 3 nitrogen and oxygen atoms in total. The average Bonchev–Trinajstić information content (AvgIpc) is 2.61. The van der Waals surface area contributed by atoms with Crippen LogP contribution in [0.25, 0.3) is 0 Å². The molecule has 1 aliphatic heterocycles. The molecule has 2 heterocycles. The summed E-state index contributed by atoms with van der Waals surface area (Å²) >= 11 is 0. The topological polar surface area (TPSA) is 36.4 Å². The Hall–Kier alpha value is -0.930. The third-order valence-corrected chi connectivity index (χ3v) is 3.24. The molecule has 0 saturated carbocycles. The van der Waals surface area contributed by atoms with Crippen LogP contribution in [0.5, 0.6) is 0 Å². The fraction of sp³-hybridized carbons (Fsp3) is 0.583. The van der Waals surface area contributed by atoms with Gasteiger partial charge in [0.15, 0.2) is 0 Å². The Labute approximate surface area is 90.8 Å². The van der Waals surface area contributed by atoms with Crippen molar-refractivity contribution in [2.45, 2.75) is 18.9 Å². The highest BCUT2D eigenvalue weighted by Gasteiger charge is 2.29. The van der Waals surface area contributed by atoms with E-state index in [1.165, 1.54) is 5.56 Å². The lowest BCUT2D eigenvalue weighted by molar-refractivity contribution is 0.255. The number of aliphatic hydroxyl groups is 1. The first-order valence-electron chi connectivity index (χ1n) is 5.52. The molecule has 2 unspecified atom stereocenters. The van der Waals surface area contributed by atoms with Gasteiger partial charge in [0.1, 0.15) is 0 Å². The summed E-state index contributed by atoms with van der Waals surface area (Å²) in [5.41, 5.74) is 1.29. The van der Waals surface area contributed by atoms with Gasteiger partial charge in [0.25, 0.3) is 0 Å². The van der Waals surface area contributed by atoms with Gasteiger partial charge in [0.05, 0.1) is 0 Å². The van der Waals surface area contributed by atoms with E-state index in [4.69, 9.17) is 5.11 Å². The zero-order valence-electron chi connectivity index (χ0n) is 9.13. The van der Waals surface area contributed by atoms with E-state index in [-0.39, 0.29) is 0 Å². The maximum Gasteiger partial charge on any atom is 0.0434 e. The van der Waals surface area contributed by atoms with Crippen molar-refractivity contribution in [3.63, 3.8) is 0 Å². The number of nitrogens with zero attached hydrogens (tertiary/aromatic N) is 2. The van der Waals surface area contributed by atoms with Crippen LogP contribution in [0.1, 0.15) is 24.4 Å². The highest BCUT2D eigenvalue weighted by atomic mass is 16.3. The molecule has 82 valence electrons. The van der Waals surface area contributed by atoms with Gasteiger partial charge in [0, 0.05) is 31.6 Å². The maximum atomic E-state index is 8.94. The van der Waals surface area contributed by atoms with Crippen molar-refractivity contribution in [3.8, 4) is 0 Å². The van der Waals surface area contributed by atoms with E-state index in [0.29, 0.717) is 18.6 Å². The second kappa shape index (κ2) is 4.73. The summed E-state index contributed by atoms with van der Waals surface area (Å²) in [4.78, 5) is 6.52. The van der Waals surface area contributed by atoms with Gasteiger partial charge in [-0.05, 0) is 37.4 Å². The summed E-state index contributed by atoms with van der Waals surface area (Å²) in [5.74, 6) is 0.630. The summed E-state index contributed by atoms with van der Waals surface area (Å²) in [6.45, 7) is 1.39. The zero-order chi connectivity index (χ0) is 10.7. The minimum Gasteiger partial charge on any atom is -0.396 e. The fourth-order valence-corrected chi connectivity index (χ4v) is 2.46. The predicted molar refractivity (Wildman–Crippen MR) is 59.4 cm³/mol. The average molecular weight is 206 g/mol. The van der Waals surface area contributed by atoms with E-state index in [9.17, 15) is 0 Å². The van der Waals surface area contributed by atoms with Crippen LogP contribution in [0.4, 0.5) is 0 Å². The fourth-order valence-electron chi connectivity index (χ4n) is 2.46. The van der Waals surface area contributed by atoms with Crippen molar-refractivity contribution in [1.29, 1.82) is 0 Å². The number of hydrogen-bond acceptors (Lipinski definition) is 3. The molecule has 1 aliphatic rings. The molecule has 0 bridgehead atoms. The third-order valence-electron chi connectivity index (χ3n) is 3.24. The smallest absolute Gasteiger partial charge is 0.0434 e. The summed E-state index contributed by atoms with van der Waals surface area (Å²) in [7, 11) is 2.15. The van der Waals surface area contributed by atoms with Crippen LogP contribution in [0.3, 0.4) is 0 Å². The van der Waals surface area contributed by atoms with E-state index in [1.807, 2.05) is 18.5 Å². The maximum absolute atomic E-state index is 8.94. The first-order valence-corrected chi connectivity index (χ1v) is 5.52. The SMILES string of the molecule is CN1CC(CCO)CC1c1cccnc1. The molecule has 0 amide bonds. The van der Waals surface area contributed by atoms with Gasteiger partial charge < -0.3 is 5.11 Å². The van der Waals surface area contributed by atoms with Crippen molar-refractivity contribution in [2.24, 2.45) is 5.92 Å². The molecule has 0 aliphatic carbocycles. The quantitative estimate of drug-likeness (QED) is 0.813. The second-order valence-corrected chi connectivity index (χ2v) is 4.36. The second-order valence-electron chi connectivity index (χ2n) is 4.36. The van der Waals surface area contributed by atoms with E-state index in [0.717, 1.165) is 19.4 Å². The largest absolute Gasteiger partial charge is 0.396 e. The van der Waals surface area contributed by atoms with Crippen LogP contribution in [0.15, 0.2) is 24.5 Å². The number of aromatic nitrogens is 1. The molecule has 0 aromatic carbocycles. The number of hydrogen-bond donors (Lipinski definition) is 1. The van der Waals surface area contributed by atoms with Crippen molar-refractivity contribution in [1.82, 2.24) is 9.88 Å². The van der Waals surface area contributed by atoms with Crippen molar-refractivity contribution >= 4 is 0 Å². The first-order chi connectivity index (χ1) is 7.31. The summed E-state index contributed by atoms with van der Waals surface area (Å²) in [6, 6.07) is 4.60. The van der Waals surface area contributed by atoms with Crippen LogP contribution in [0.2, 0.25) is 0 Å². The molecule has 15 heavy (non-hydrogen) atoms. The Bertz CT molecular complexity index is 302. The minimum atomic E-state index is 0.304. The summed E-state index contributed by atoms with van der Waals surface area (Å²) in [5, 5.41) is 8.94. The number of aliphatic hydroxyl groups excluding tert-OH is 1. The van der Waals surface area contributed by atoms with E-state index in [2.05, 4.69) is 23.0 Å². The van der Waals surface area contributed by atoms with E-state index >= 15 is 0 Å². The molecule has 1 aromatic heterocycles. The Morgan fingerprint density at radius 1 is 1.60 bits per heavy atom. The van der Waals surface area contributed by atoms with Crippen LogP contribution < -0.4 is 0 Å². The molecule has 1 N–H and O–H groups in total. The Kier molecular flexibility index (Phi) is 3.34. The van der Waals surface area contributed by atoms with Gasteiger partial charge in [-0.1, -0.05) is 6.07 Å². The van der Waals surface area contributed by atoms with Gasteiger partial charge in [-0.25, -0.2) is 0 Å². The lowest BCUT2D eigenvalue weighted by atomic mass is 9.99. The molecule has 2 atom stereocenters. The Balaban J connectivity index is 2.05. The van der Waals surface area contributed by atoms with Gasteiger partial charge in [-0.2, -0.15) is 0 Å². The number of pyridine rings is 1. The van der Waals surface area contributed by atoms with Crippen LogP contribution in [-0.2, 0) is 0 Å². The first kappa shape index (κ1) is 10.6. The Morgan fingerprint density at radius 3 is 3.13 bits per heavy atom. The highest BCUT2D eigenvalue weighted by molar-refractivity contribution is 5.15. The molecule has 1 fully saturated rings. The minimum absolute atomic E-state index is 0.304. The van der Waals surface area contributed by atoms with Crippen molar-refractivity contribution in [2.75, 3.05) is 20.2 Å². The summed E-state index contributed by atoms with van der Waals surface area (Å²) < 4.78 is 0. The molecular weight excluding hydrogens is 188 g/mol. The lowest BCUT2D eigenvalue weighted by Crippen LogP contribution is -2.18. The molecule has 3 heteroatoms. The number of likely N-dealkylation sites (tertiary alicyclic amines) is 1. The van der Waals surface area contributed by atoms with Crippen LogP contribution >= 0.6 is 0 Å². The van der Waals surface area contributed by atoms with Crippen molar-refractivity contribution < 1.29 is 5.11 Å². The zero-order valence-corrected chi connectivity index (χ0v) is 9.13. The van der Waals surface area contributed by atoms with Gasteiger partial charge in [-0.15, -0.1) is 0 Å². The highest BCUT2D eigenvalue weighted by Crippen LogP contribution is 2.34. The third kappa shape index (κ3) is 2.36. The van der Waals surface area contributed by atoms with Gasteiger partial charge in [-0.3, -0.25) is 9.88 Å². The molecule has 2 rings (SSSR count). The predicted octanol–water partition coefficient (Wildman–Crippen LogP) is 1.46. The monoisotopic (exact) mass is 206 g/mol. The van der Waals surface area contributed by atoms with Gasteiger partial charge in [0.2, 0.25) is 0 Å². The Morgan fingerprint density at radius 2 is 2.47 bits per heavy atom. The molecule has 1 saturated heterocycles. The molecular formula is C12H18N2O. The molecule has 0 spiro atoms. The van der Waals surface area contributed by atoms with Crippen LogP contribution in [-0.4, -0.2) is 35.2 Å². The van der Waals surface area contributed by atoms with Gasteiger partial charge >= 0.3 is 0 Å². The summed E-state index contributed by atoms with van der Waals surface area (Å²) in [6.07, 6.45) is 5.82. The standard InChI is InChI=1S/C12H18N2O/c1-14-9-10(4-6-15)7-12(14)11-3-2-5-13-8-11/h2-3,5,8,10,12,15H,4,6-7,9H2,1H3. The number of rotatable bonds is 3. The van der Waals surface area contributed by atoms with Crippen LogP contribution in [0, 0.1) is 5.92 Å². The van der Waals surface area contributed by atoms with Crippen molar-refractivity contribution in [3.05, 3.63) is 30.1 Å². The van der Waals surface area contributed by atoms with E-state index in [1.54, 1.807) is 0 Å².